The average molecular weight is 1190 g/mol. The third-order valence-electron chi connectivity index (χ3n) is 19.3. The second kappa shape index (κ2) is 32.6. The number of ether oxygens (including phenoxy) is 2. The molecular formula is C66H103N7O12. The Hall–Kier alpha value is -5.37. The number of likely N-dealkylation sites (tertiary alicyclic amines) is 1. The summed E-state index contributed by atoms with van der Waals surface area (Å²) in [5.41, 5.74) is 0.546. The van der Waals surface area contributed by atoms with E-state index in [0.717, 1.165) is 42.6 Å². The van der Waals surface area contributed by atoms with Crippen molar-refractivity contribution in [1.82, 2.24) is 34.9 Å². The second-order valence-corrected chi connectivity index (χ2v) is 25.9. The molecule has 0 bridgehead atoms. The lowest BCUT2D eigenvalue weighted by atomic mass is 9.77. The number of hydroxylamine groups is 2. The molecule has 3 saturated heterocycles. The molecule has 5 aliphatic rings. The van der Waals surface area contributed by atoms with Crippen molar-refractivity contribution in [1.29, 1.82) is 0 Å². The fourth-order valence-electron chi connectivity index (χ4n) is 14.0. The molecule has 0 radical (unpaired) electrons. The van der Waals surface area contributed by atoms with Crippen LogP contribution in [0.4, 0.5) is 0 Å². The van der Waals surface area contributed by atoms with E-state index in [-0.39, 0.29) is 127 Å². The van der Waals surface area contributed by atoms with Gasteiger partial charge < -0.3 is 29.5 Å². The Balaban J connectivity index is 0.965. The number of carbonyl (C=O) groups is 9. The largest absolute Gasteiger partial charge is 0.381 e. The van der Waals surface area contributed by atoms with Gasteiger partial charge in [0.2, 0.25) is 23.6 Å². The summed E-state index contributed by atoms with van der Waals surface area (Å²) in [6.07, 6.45) is 10.4. The predicted molar refractivity (Wildman–Crippen MR) is 324 cm³/mol. The van der Waals surface area contributed by atoms with Crippen molar-refractivity contribution in [2.24, 2.45) is 40.9 Å². The van der Waals surface area contributed by atoms with E-state index in [1.54, 1.807) is 29.1 Å². The van der Waals surface area contributed by atoms with E-state index in [1.165, 1.54) is 12.2 Å². The number of benzene rings is 1. The van der Waals surface area contributed by atoms with Crippen LogP contribution in [-0.4, -0.2) is 193 Å². The second-order valence-electron chi connectivity index (χ2n) is 25.9. The van der Waals surface area contributed by atoms with Gasteiger partial charge in [-0.1, -0.05) is 92.1 Å². The van der Waals surface area contributed by atoms with E-state index in [0.29, 0.717) is 97.4 Å². The molecule has 0 spiro atoms. The first-order chi connectivity index (χ1) is 40.6. The van der Waals surface area contributed by atoms with Crippen molar-refractivity contribution in [3.63, 3.8) is 0 Å². The van der Waals surface area contributed by atoms with Crippen LogP contribution in [0.25, 0.3) is 0 Å². The first-order valence-corrected chi connectivity index (χ1v) is 32.1. The lowest BCUT2D eigenvalue weighted by Gasteiger charge is -2.37. The quantitative estimate of drug-likeness (QED) is 0.0668. The van der Waals surface area contributed by atoms with E-state index in [2.05, 4.69) is 38.2 Å². The number of methoxy groups -OCH3 is 2. The van der Waals surface area contributed by atoms with Gasteiger partial charge in [-0.25, -0.2) is 5.06 Å². The van der Waals surface area contributed by atoms with Crippen LogP contribution in [0.1, 0.15) is 170 Å². The molecule has 85 heavy (non-hydrogen) atoms. The van der Waals surface area contributed by atoms with Gasteiger partial charge in [-0.2, -0.15) is 0 Å². The highest BCUT2D eigenvalue weighted by Crippen LogP contribution is 2.63. The number of nitrogens with zero attached hydrogens (tertiary/aromatic N) is 6. The fraction of sp³-hybridized carbons (Fsp3) is 0.742. The Morgan fingerprint density at radius 1 is 0.741 bits per heavy atom. The predicted octanol–water partition coefficient (Wildman–Crippen LogP) is 7.40. The number of nitrogens with one attached hydrogen (secondary N) is 1. The van der Waals surface area contributed by atoms with Gasteiger partial charge in [0, 0.05) is 104 Å². The Morgan fingerprint density at radius 2 is 1.39 bits per heavy atom. The average Bonchev–Trinajstić information content (AvgIpc) is 1.75. The van der Waals surface area contributed by atoms with Gasteiger partial charge in [0.1, 0.15) is 5.78 Å². The SMILES string of the molecule is CC[C@H](C)[C@H](CC(C)CC(=O)[C@@H](NC(=O)[C@H](C(C)C)N(C)CCCC(=O)N1CCN(C(=O)CCCN2C(=O)C=CC2=O)CC1)C(C)C)[C@@H](CC(=O)N1CCC[C@H]1[C@H](OC)[C@@H](C)C(=O)CCC[C@@]1(C(=O)N2CCCCO2)C[C@@H]1c1ccccc1)OC. The number of piperazine rings is 1. The van der Waals surface area contributed by atoms with Crippen LogP contribution in [0.3, 0.4) is 0 Å². The Bertz CT molecular complexity index is 2440. The smallest absolute Gasteiger partial charge is 0.253 e. The Labute approximate surface area is 506 Å². The molecule has 4 aliphatic heterocycles. The number of amides is 7. The van der Waals surface area contributed by atoms with Gasteiger partial charge in [-0.3, -0.25) is 57.8 Å². The van der Waals surface area contributed by atoms with Gasteiger partial charge in [0.25, 0.3) is 17.7 Å². The summed E-state index contributed by atoms with van der Waals surface area (Å²) in [6.45, 7) is 20.1. The van der Waals surface area contributed by atoms with Gasteiger partial charge in [0.15, 0.2) is 5.78 Å². The number of imide groups is 1. The highest BCUT2D eigenvalue weighted by atomic mass is 16.7. The molecule has 19 heteroatoms. The van der Waals surface area contributed by atoms with Crippen molar-refractivity contribution >= 4 is 52.9 Å². The van der Waals surface area contributed by atoms with E-state index in [1.807, 2.05) is 69.7 Å². The van der Waals surface area contributed by atoms with E-state index >= 15 is 0 Å². The zero-order valence-corrected chi connectivity index (χ0v) is 53.2. The van der Waals surface area contributed by atoms with Crippen molar-refractivity contribution < 1.29 is 57.5 Å². The minimum Gasteiger partial charge on any atom is -0.381 e. The summed E-state index contributed by atoms with van der Waals surface area (Å²) in [4.78, 5) is 135. The topological polar surface area (TPSA) is 213 Å². The van der Waals surface area contributed by atoms with Gasteiger partial charge in [0.05, 0.1) is 48.8 Å². The molecule has 1 aromatic rings. The molecule has 1 aliphatic carbocycles. The highest BCUT2D eigenvalue weighted by Gasteiger charge is 2.61. The monoisotopic (exact) mass is 1190 g/mol. The maximum absolute atomic E-state index is 14.5. The lowest BCUT2D eigenvalue weighted by Crippen LogP contribution is -2.54. The minimum absolute atomic E-state index is 0.0129. The molecule has 6 rings (SSSR count). The Morgan fingerprint density at radius 3 is 1.96 bits per heavy atom. The number of hydrogen-bond acceptors (Lipinski definition) is 13. The van der Waals surface area contributed by atoms with E-state index < -0.39 is 35.6 Å². The molecule has 474 valence electrons. The molecular weight excluding hydrogens is 1080 g/mol. The Kier molecular flexibility index (Phi) is 26.3. The summed E-state index contributed by atoms with van der Waals surface area (Å²) in [7, 11) is 5.14. The van der Waals surface area contributed by atoms with E-state index in [9.17, 15) is 43.2 Å². The van der Waals surface area contributed by atoms with Gasteiger partial charge in [-0.05, 0) is 119 Å². The summed E-state index contributed by atoms with van der Waals surface area (Å²) in [5, 5.41) is 4.70. The van der Waals surface area contributed by atoms with Crippen molar-refractivity contribution in [2.75, 3.05) is 80.2 Å². The number of ketones is 2. The van der Waals surface area contributed by atoms with Crippen LogP contribution < -0.4 is 5.32 Å². The maximum Gasteiger partial charge on any atom is 0.253 e. The summed E-state index contributed by atoms with van der Waals surface area (Å²) in [6, 6.07) is 8.61. The molecule has 1 N–H and O–H groups in total. The maximum atomic E-state index is 14.5. The van der Waals surface area contributed by atoms with Crippen LogP contribution >= 0.6 is 0 Å². The number of rotatable bonds is 34. The van der Waals surface area contributed by atoms with Crippen molar-refractivity contribution in [3.05, 3.63) is 48.0 Å². The fourth-order valence-corrected chi connectivity index (χ4v) is 14.0. The van der Waals surface area contributed by atoms with Crippen LogP contribution in [-0.2, 0) is 57.5 Å². The first kappa shape index (κ1) is 68.7. The normalized spacial score (nSPS) is 22.8. The molecule has 0 aromatic heterocycles. The lowest BCUT2D eigenvalue weighted by molar-refractivity contribution is -0.203. The highest BCUT2D eigenvalue weighted by molar-refractivity contribution is 6.12. The molecule has 11 atom stereocenters. The van der Waals surface area contributed by atoms with Crippen molar-refractivity contribution in [3.8, 4) is 0 Å². The standard InChI is InChI=1S/C66H103N7O12/c1-12-47(7)50(55(83-10)42-60(80)71-32-19-24-52(71)63(84-11)48(8)53(74)25-18-30-66(65(82)73-34-16-17-39-85-73)43-51(66)49-22-14-13-15-23-49)40-46(6)41-54(75)61(44(2)3)67-64(81)62(45(4)5)68(9)31-20-26-56(76)69-35-37-70(38-36-69)57(77)27-21-33-72-58(78)28-29-59(72)79/h13-15,22-23,28-29,44-48,50-52,55,61-63H,12,16-21,24-27,30-43H2,1-11H3,(H,67,81)/t46?,47-,48-,50-,51+,52-,55+,61-,62-,63+,66+/m0/s1. The van der Waals surface area contributed by atoms with E-state index in [4.69, 9.17) is 14.3 Å². The van der Waals surface area contributed by atoms with Gasteiger partial charge >= 0.3 is 0 Å². The number of hydrogen-bond donors (Lipinski definition) is 1. The third kappa shape index (κ3) is 18.1. The molecule has 1 saturated carbocycles. The number of likely N-dealkylation sites (N-methyl/N-ethyl adjacent to an activating group) is 1. The number of carbonyl (C=O) groups excluding carboxylic acids is 9. The molecule has 4 fully saturated rings. The van der Waals surface area contributed by atoms with Crippen LogP contribution in [0.15, 0.2) is 42.5 Å². The number of Topliss-reactive ketones (excluding diaryl/α,β-unsaturated/α-hetero) is 2. The summed E-state index contributed by atoms with van der Waals surface area (Å²) >= 11 is 0. The first-order valence-electron chi connectivity index (χ1n) is 32.1. The molecule has 4 heterocycles. The summed E-state index contributed by atoms with van der Waals surface area (Å²) < 4.78 is 12.3. The van der Waals surface area contributed by atoms with Gasteiger partial charge in [-0.15, -0.1) is 0 Å². The zero-order valence-electron chi connectivity index (χ0n) is 53.2. The summed E-state index contributed by atoms with van der Waals surface area (Å²) in [5.74, 6) is -1.64. The van der Waals surface area contributed by atoms with Crippen LogP contribution in [0.5, 0.6) is 0 Å². The van der Waals surface area contributed by atoms with Crippen LogP contribution in [0.2, 0.25) is 0 Å². The molecule has 7 amide bonds. The molecule has 1 unspecified atom stereocenters. The van der Waals surface area contributed by atoms with Crippen LogP contribution in [0, 0.1) is 40.9 Å². The minimum atomic E-state index is -0.713. The molecule has 19 nitrogen and oxygen atoms in total. The third-order valence-corrected chi connectivity index (χ3v) is 19.3. The van der Waals surface area contributed by atoms with Crippen molar-refractivity contribution in [2.45, 2.75) is 194 Å². The zero-order chi connectivity index (χ0) is 62.1. The molecule has 1 aromatic carbocycles.